The molecule has 0 saturated heterocycles. The van der Waals surface area contributed by atoms with Gasteiger partial charge >= 0.3 is 5.97 Å². The molecule has 0 aliphatic carbocycles. The maximum absolute atomic E-state index is 12.3. The van der Waals surface area contributed by atoms with Crippen LogP contribution >= 0.6 is 27.5 Å². The molecule has 0 fully saturated rings. The fourth-order valence-electron chi connectivity index (χ4n) is 2.81. The van der Waals surface area contributed by atoms with E-state index in [2.05, 4.69) is 35.1 Å². The average molecular weight is 513 g/mol. The summed E-state index contributed by atoms with van der Waals surface area (Å²) in [4.78, 5) is 24.3. The molecule has 0 spiro atoms. The van der Waals surface area contributed by atoms with E-state index in [4.69, 9.17) is 25.8 Å². The van der Waals surface area contributed by atoms with Crippen molar-refractivity contribution in [1.82, 2.24) is 0 Å². The van der Waals surface area contributed by atoms with Gasteiger partial charge in [0.1, 0.15) is 17.1 Å². The summed E-state index contributed by atoms with van der Waals surface area (Å²) in [5, 5.41) is 2.97. The number of benzene rings is 2. The van der Waals surface area contributed by atoms with Crippen molar-refractivity contribution in [2.24, 2.45) is 0 Å². The number of hydrogen-bond donors (Lipinski definition) is 1. The lowest BCUT2D eigenvalue weighted by atomic mass is 10.0. The van der Waals surface area contributed by atoms with E-state index in [9.17, 15) is 9.59 Å². The highest BCUT2D eigenvalue weighted by Gasteiger charge is 2.18. The second-order valence-corrected chi connectivity index (χ2v) is 8.36. The van der Waals surface area contributed by atoms with E-state index < -0.39 is 5.97 Å². The monoisotopic (exact) mass is 511 g/mol. The highest BCUT2D eigenvalue weighted by atomic mass is 79.9. The van der Waals surface area contributed by atoms with Crippen molar-refractivity contribution in [2.45, 2.75) is 39.5 Å². The first-order valence-electron chi connectivity index (χ1n) is 10.0. The summed E-state index contributed by atoms with van der Waals surface area (Å²) in [5.41, 5.74) is 1.79. The zero-order valence-corrected chi connectivity index (χ0v) is 20.4. The molecule has 0 saturated carbocycles. The lowest BCUT2D eigenvalue weighted by Crippen LogP contribution is -2.14. The second-order valence-electron chi connectivity index (χ2n) is 7.10. The number of anilines is 1. The van der Waals surface area contributed by atoms with E-state index in [1.54, 1.807) is 6.92 Å². The minimum Gasteiger partial charge on any atom is -0.496 e. The van der Waals surface area contributed by atoms with Crippen LogP contribution in [0.3, 0.4) is 0 Å². The molecule has 6 nitrogen and oxygen atoms in total. The molecule has 0 aromatic heterocycles. The largest absolute Gasteiger partial charge is 0.496 e. The first kappa shape index (κ1) is 25.0. The van der Waals surface area contributed by atoms with Crippen LogP contribution in [0.4, 0.5) is 5.69 Å². The molecular formula is C23H27BrClNO5. The van der Waals surface area contributed by atoms with Crippen molar-refractivity contribution in [1.29, 1.82) is 0 Å². The van der Waals surface area contributed by atoms with E-state index in [0.717, 1.165) is 10.2 Å². The summed E-state index contributed by atoms with van der Waals surface area (Å²) >= 11 is 9.76. The van der Waals surface area contributed by atoms with Crippen LogP contribution in [0.5, 0.6) is 11.5 Å². The molecule has 2 aromatic carbocycles. The number of methoxy groups -OCH3 is 1. The van der Waals surface area contributed by atoms with Crippen LogP contribution in [0.15, 0.2) is 34.8 Å². The van der Waals surface area contributed by atoms with Gasteiger partial charge in [-0.15, -0.1) is 0 Å². The maximum atomic E-state index is 12.3. The van der Waals surface area contributed by atoms with Gasteiger partial charge in [0.15, 0.2) is 0 Å². The Kier molecular flexibility index (Phi) is 9.65. The molecule has 0 heterocycles. The number of carbonyl (C=O) groups is 2. The molecule has 2 rings (SSSR count). The lowest BCUT2D eigenvalue weighted by molar-refractivity contribution is -0.116. The number of esters is 1. The van der Waals surface area contributed by atoms with Crippen molar-refractivity contribution in [3.8, 4) is 11.5 Å². The van der Waals surface area contributed by atoms with E-state index in [0.29, 0.717) is 24.6 Å². The van der Waals surface area contributed by atoms with Crippen LogP contribution in [0.1, 0.15) is 55.5 Å². The number of halogens is 2. The summed E-state index contributed by atoms with van der Waals surface area (Å²) in [6.45, 7) is 6.61. The molecule has 31 heavy (non-hydrogen) atoms. The van der Waals surface area contributed by atoms with E-state index in [1.807, 2.05) is 18.2 Å². The number of rotatable bonds is 10. The summed E-state index contributed by atoms with van der Waals surface area (Å²) in [6.07, 6.45) is 0.778. The Hall–Kier alpha value is -2.25. The highest BCUT2D eigenvalue weighted by Crippen LogP contribution is 2.32. The molecule has 8 heteroatoms. The van der Waals surface area contributed by atoms with E-state index >= 15 is 0 Å². The Morgan fingerprint density at radius 1 is 1.16 bits per heavy atom. The number of ether oxygens (including phenoxy) is 3. The van der Waals surface area contributed by atoms with E-state index in [1.165, 1.54) is 24.8 Å². The smallest absolute Gasteiger partial charge is 0.341 e. The van der Waals surface area contributed by atoms with Crippen LogP contribution in [-0.4, -0.2) is 32.2 Å². The first-order valence-corrected chi connectivity index (χ1v) is 11.2. The molecule has 1 amide bonds. The fourth-order valence-corrected chi connectivity index (χ4v) is 3.53. The third kappa shape index (κ3) is 7.14. The summed E-state index contributed by atoms with van der Waals surface area (Å²) in [5.74, 6) is 0.698. The highest BCUT2D eigenvalue weighted by molar-refractivity contribution is 9.10. The van der Waals surface area contributed by atoms with Gasteiger partial charge in [0.25, 0.3) is 0 Å². The topological polar surface area (TPSA) is 73.9 Å². The van der Waals surface area contributed by atoms with E-state index in [-0.39, 0.29) is 35.3 Å². The minimum atomic E-state index is -0.538. The van der Waals surface area contributed by atoms with Crippen LogP contribution in [0.2, 0.25) is 5.02 Å². The maximum Gasteiger partial charge on any atom is 0.341 e. The average Bonchev–Trinajstić information content (AvgIpc) is 2.73. The molecule has 0 aliphatic rings. The van der Waals surface area contributed by atoms with Crippen molar-refractivity contribution < 1.29 is 23.8 Å². The van der Waals surface area contributed by atoms with Crippen LogP contribution in [-0.2, 0) is 9.53 Å². The van der Waals surface area contributed by atoms with Gasteiger partial charge in [-0.05, 0) is 59.0 Å². The Bertz CT molecular complexity index is 932. The third-order valence-corrected chi connectivity index (χ3v) is 5.42. The van der Waals surface area contributed by atoms with Gasteiger partial charge in [0, 0.05) is 12.5 Å². The normalized spacial score (nSPS) is 10.7. The molecule has 168 valence electrons. The van der Waals surface area contributed by atoms with Crippen molar-refractivity contribution in [3.63, 3.8) is 0 Å². The number of amides is 1. The standard InChI is InChI=1S/C23H27BrClNO5/c1-5-30-23(28)16-12-18(25)19(13-21(16)29-4)26-22(27)7-6-10-31-20-9-8-15(14(2)3)11-17(20)24/h8-9,11-14H,5-7,10H2,1-4H3,(H,26,27). The summed E-state index contributed by atoms with van der Waals surface area (Å²) in [7, 11) is 1.43. The Morgan fingerprint density at radius 2 is 1.90 bits per heavy atom. The van der Waals surface area contributed by atoms with Gasteiger partial charge in [-0.3, -0.25) is 4.79 Å². The van der Waals surface area contributed by atoms with Crippen molar-refractivity contribution in [3.05, 3.63) is 51.0 Å². The van der Waals surface area contributed by atoms with Crippen LogP contribution in [0.25, 0.3) is 0 Å². The molecule has 0 bridgehead atoms. The Balaban J connectivity index is 1.91. The van der Waals surface area contributed by atoms with Crippen molar-refractivity contribution in [2.75, 3.05) is 25.6 Å². The zero-order chi connectivity index (χ0) is 23.0. The lowest BCUT2D eigenvalue weighted by Gasteiger charge is -2.13. The summed E-state index contributed by atoms with van der Waals surface area (Å²) < 4.78 is 16.9. The SMILES string of the molecule is CCOC(=O)c1cc(Cl)c(NC(=O)CCCOc2ccc(C(C)C)cc2Br)cc1OC. The molecule has 1 N–H and O–H groups in total. The third-order valence-electron chi connectivity index (χ3n) is 4.49. The first-order chi connectivity index (χ1) is 14.8. The number of nitrogens with one attached hydrogen (secondary N) is 1. The van der Waals surface area contributed by atoms with Gasteiger partial charge in [-0.1, -0.05) is 31.5 Å². The molecular weight excluding hydrogens is 486 g/mol. The zero-order valence-electron chi connectivity index (χ0n) is 18.1. The predicted molar refractivity (Wildman–Crippen MR) is 126 cm³/mol. The number of carbonyl (C=O) groups excluding carboxylic acids is 2. The Labute approximate surface area is 196 Å². The predicted octanol–water partition coefficient (Wildman–Crippen LogP) is 6.21. The molecule has 0 unspecified atom stereocenters. The molecule has 2 aromatic rings. The molecule has 0 radical (unpaired) electrons. The van der Waals surface area contributed by atoms with Gasteiger partial charge in [0.05, 0.1) is 35.5 Å². The summed E-state index contributed by atoms with van der Waals surface area (Å²) in [6, 6.07) is 8.94. The fraction of sp³-hybridized carbons (Fsp3) is 0.391. The molecule has 0 atom stereocenters. The van der Waals surface area contributed by atoms with Crippen LogP contribution < -0.4 is 14.8 Å². The minimum absolute atomic E-state index is 0.204. The van der Waals surface area contributed by atoms with Crippen LogP contribution in [0, 0.1) is 0 Å². The number of hydrogen-bond acceptors (Lipinski definition) is 5. The Morgan fingerprint density at radius 3 is 2.52 bits per heavy atom. The quantitative estimate of drug-likeness (QED) is 0.303. The van der Waals surface area contributed by atoms with Gasteiger partial charge < -0.3 is 19.5 Å². The van der Waals surface area contributed by atoms with Gasteiger partial charge in [-0.2, -0.15) is 0 Å². The van der Waals surface area contributed by atoms with Crippen molar-refractivity contribution >= 4 is 45.1 Å². The molecule has 0 aliphatic heterocycles. The van der Waals surface area contributed by atoms with Gasteiger partial charge in [0.2, 0.25) is 5.91 Å². The van der Waals surface area contributed by atoms with Gasteiger partial charge in [-0.25, -0.2) is 4.79 Å². The second kappa shape index (κ2) is 12.0.